The second kappa shape index (κ2) is 48.8. The van der Waals surface area contributed by atoms with Crippen molar-refractivity contribution < 1.29 is 24.5 Å². The van der Waals surface area contributed by atoms with Crippen LogP contribution in [-0.2, 0) is 14.3 Å². The van der Waals surface area contributed by atoms with Gasteiger partial charge in [-0.2, -0.15) is 0 Å². The van der Waals surface area contributed by atoms with E-state index in [9.17, 15) is 19.8 Å². The predicted octanol–water partition coefficient (Wildman–Crippen LogP) is 15.8. The molecule has 3 N–H and O–H groups in total. The monoisotopic (exact) mass is 856 g/mol. The highest BCUT2D eigenvalue weighted by molar-refractivity contribution is 5.77. The number of aliphatic hydroxyl groups is 2. The fourth-order valence-electron chi connectivity index (χ4n) is 7.93. The summed E-state index contributed by atoms with van der Waals surface area (Å²) in [5, 5.41) is 23.7. The van der Waals surface area contributed by atoms with Crippen LogP contribution in [-0.4, -0.2) is 46.9 Å². The summed E-state index contributed by atoms with van der Waals surface area (Å²) < 4.78 is 5.92. The van der Waals surface area contributed by atoms with E-state index in [1.807, 2.05) is 0 Å². The third kappa shape index (κ3) is 44.2. The number of amides is 1. The smallest absolute Gasteiger partial charge is 0.306 e. The van der Waals surface area contributed by atoms with Crippen molar-refractivity contribution in [2.24, 2.45) is 0 Å². The normalized spacial score (nSPS) is 13.6. The zero-order chi connectivity index (χ0) is 44.5. The molecule has 0 aromatic heterocycles. The van der Waals surface area contributed by atoms with Gasteiger partial charge in [-0.3, -0.25) is 9.59 Å². The molecule has 0 aliphatic heterocycles. The highest BCUT2D eigenvalue weighted by Gasteiger charge is 2.24. The van der Waals surface area contributed by atoms with E-state index < -0.39 is 18.2 Å². The van der Waals surface area contributed by atoms with Gasteiger partial charge in [0, 0.05) is 6.42 Å². The molecule has 0 saturated heterocycles. The lowest BCUT2D eigenvalue weighted by Crippen LogP contribution is -2.46. The minimum absolute atomic E-state index is 0.0622. The number of hydrogen-bond donors (Lipinski definition) is 3. The lowest BCUT2D eigenvalue weighted by Gasteiger charge is -2.24. The van der Waals surface area contributed by atoms with E-state index in [4.69, 9.17) is 4.74 Å². The van der Waals surface area contributed by atoms with Gasteiger partial charge in [0.1, 0.15) is 6.10 Å². The van der Waals surface area contributed by atoms with Crippen molar-refractivity contribution in [3.05, 3.63) is 48.6 Å². The van der Waals surface area contributed by atoms with Crippen molar-refractivity contribution in [2.45, 2.75) is 283 Å². The summed E-state index contributed by atoms with van der Waals surface area (Å²) in [6.45, 7) is 6.37. The van der Waals surface area contributed by atoms with Crippen molar-refractivity contribution >= 4 is 11.9 Å². The van der Waals surface area contributed by atoms with Gasteiger partial charge in [0.25, 0.3) is 0 Å². The highest BCUT2D eigenvalue weighted by Crippen LogP contribution is 2.18. The Morgan fingerprint density at radius 1 is 0.508 bits per heavy atom. The van der Waals surface area contributed by atoms with Crippen LogP contribution < -0.4 is 5.32 Å². The Morgan fingerprint density at radius 2 is 0.934 bits per heavy atom. The van der Waals surface area contributed by atoms with Gasteiger partial charge in [-0.25, -0.2) is 0 Å². The molecule has 0 aliphatic carbocycles. The zero-order valence-corrected chi connectivity index (χ0v) is 40.5. The first-order chi connectivity index (χ1) is 30.0. The Hall–Kier alpha value is -2.18. The van der Waals surface area contributed by atoms with Crippen LogP contribution in [0.4, 0.5) is 0 Å². The number of ether oxygens (including phenoxy) is 1. The summed E-state index contributed by atoms with van der Waals surface area (Å²) in [4.78, 5) is 26.1. The van der Waals surface area contributed by atoms with Gasteiger partial charge in [0.15, 0.2) is 0 Å². The second-order valence-electron chi connectivity index (χ2n) is 17.9. The van der Waals surface area contributed by atoms with Gasteiger partial charge < -0.3 is 20.3 Å². The molecular formula is C55H101NO5. The molecule has 1 amide bonds. The molecule has 6 heteroatoms. The van der Waals surface area contributed by atoms with Crippen molar-refractivity contribution in [1.82, 2.24) is 5.32 Å². The Morgan fingerprint density at radius 3 is 1.43 bits per heavy atom. The maximum atomic E-state index is 13.2. The Bertz CT molecular complexity index is 1050. The van der Waals surface area contributed by atoms with Crippen molar-refractivity contribution in [3.8, 4) is 0 Å². The summed E-state index contributed by atoms with van der Waals surface area (Å²) >= 11 is 0. The van der Waals surface area contributed by atoms with E-state index in [0.717, 1.165) is 89.9 Å². The lowest BCUT2D eigenvalue weighted by atomic mass is 10.0. The maximum Gasteiger partial charge on any atom is 0.306 e. The second-order valence-corrected chi connectivity index (χ2v) is 17.9. The summed E-state index contributed by atoms with van der Waals surface area (Å²) in [7, 11) is 0. The van der Waals surface area contributed by atoms with Crippen molar-refractivity contribution in [2.75, 3.05) is 6.61 Å². The van der Waals surface area contributed by atoms with Crippen LogP contribution in [0.5, 0.6) is 0 Å². The molecule has 0 radical (unpaired) electrons. The van der Waals surface area contributed by atoms with E-state index in [0.29, 0.717) is 19.3 Å². The molecule has 61 heavy (non-hydrogen) atoms. The van der Waals surface area contributed by atoms with Crippen LogP contribution in [0.25, 0.3) is 0 Å². The number of aliphatic hydroxyl groups excluding tert-OH is 2. The Balaban J connectivity index is 4.56. The Labute approximate surface area is 378 Å². The first-order valence-electron chi connectivity index (χ1n) is 26.4. The highest BCUT2D eigenvalue weighted by atomic mass is 16.5. The SMILES string of the molecule is CC/C=C/C/C=C/CCCCCCCC(CC(=O)NC(CO)C(O)CCCCCCCCCCCCCC)OC(=O)CCCCCCC/C=C/C=C/CCCCCCCCC. The molecule has 0 aliphatic rings. The molecule has 0 saturated carbocycles. The van der Waals surface area contributed by atoms with E-state index in [1.54, 1.807) is 0 Å². The number of carbonyl (C=O) groups is 2. The molecule has 3 unspecified atom stereocenters. The molecular weight excluding hydrogens is 755 g/mol. The van der Waals surface area contributed by atoms with Crippen LogP contribution in [0, 0.1) is 0 Å². The first kappa shape index (κ1) is 58.8. The van der Waals surface area contributed by atoms with E-state index in [2.05, 4.69) is 74.7 Å². The van der Waals surface area contributed by atoms with Gasteiger partial charge in [0.2, 0.25) is 5.91 Å². The summed E-state index contributed by atoms with van der Waals surface area (Å²) in [6.07, 6.45) is 58.9. The van der Waals surface area contributed by atoms with Crippen LogP contribution in [0.1, 0.15) is 265 Å². The largest absolute Gasteiger partial charge is 0.462 e. The van der Waals surface area contributed by atoms with Crippen molar-refractivity contribution in [3.63, 3.8) is 0 Å². The average Bonchev–Trinajstić information content (AvgIpc) is 3.25. The Kier molecular flexibility index (Phi) is 47.1. The molecule has 3 atom stereocenters. The fourth-order valence-corrected chi connectivity index (χ4v) is 7.93. The fraction of sp³-hybridized carbons (Fsp3) is 0.818. The van der Waals surface area contributed by atoms with Crippen LogP contribution >= 0.6 is 0 Å². The molecule has 0 heterocycles. The minimum Gasteiger partial charge on any atom is -0.462 e. The molecule has 0 fully saturated rings. The number of hydrogen-bond acceptors (Lipinski definition) is 5. The summed E-state index contributed by atoms with van der Waals surface area (Å²) in [6, 6.07) is -0.708. The van der Waals surface area contributed by atoms with Crippen molar-refractivity contribution in [1.29, 1.82) is 0 Å². The third-order valence-corrected chi connectivity index (χ3v) is 11.9. The van der Waals surface area contributed by atoms with Gasteiger partial charge in [-0.05, 0) is 77.0 Å². The molecule has 0 aromatic rings. The van der Waals surface area contributed by atoms with Crippen LogP contribution in [0.2, 0.25) is 0 Å². The summed E-state index contributed by atoms with van der Waals surface area (Å²) in [5.74, 6) is -0.501. The summed E-state index contributed by atoms with van der Waals surface area (Å²) in [5.41, 5.74) is 0. The number of allylic oxidation sites excluding steroid dienone is 8. The first-order valence-corrected chi connectivity index (χ1v) is 26.4. The average molecular weight is 856 g/mol. The van der Waals surface area contributed by atoms with Gasteiger partial charge in [-0.15, -0.1) is 0 Å². The van der Waals surface area contributed by atoms with Gasteiger partial charge >= 0.3 is 5.97 Å². The number of unbranched alkanes of at least 4 members (excludes halogenated alkanes) is 28. The topological polar surface area (TPSA) is 95.9 Å². The molecule has 0 bridgehead atoms. The van der Waals surface area contributed by atoms with Crippen LogP contribution in [0.3, 0.4) is 0 Å². The molecule has 0 rings (SSSR count). The number of esters is 1. The van der Waals surface area contributed by atoms with E-state index in [-0.39, 0.29) is 24.9 Å². The molecule has 0 aromatic carbocycles. The van der Waals surface area contributed by atoms with E-state index >= 15 is 0 Å². The van der Waals surface area contributed by atoms with Gasteiger partial charge in [0.05, 0.1) is 25.2 Å². The standard InChI is InChI=1S/C55H101NO5/c1-4-7-10-13-16-19-22-25-26-27-28-29-30-33-36-39-42-45-48-55(60)61-51(46-43-40-37-34-31-23-20-17-14-11-8-5-2)49-54(59)56-52(50-57)53(58)47-44-41-38-35-32-24-21-18-15-12-9-6-3/h8,11,17,20,26-29,51-53,57-58H,4-7,9-10,12-16,18-19,21-25,30-50H2,1-3H3,(H,56,59)/b11-8+,20-17+,27-26+,29-28+. The molecule has 356 valence electrons. The molecule has 6 nitrogen and oxygen atoms in total. The van der Waals surface area contributed by atoms with Gasteiger partial charge in [-0.1, -0.05) is 223 Å². The van der Waals surface area contributed by atoms with E-state index in [1.165, 1.54) is 128 Å². The predicted molar refractivity (Wildman–Crippen MR) is 264 cm³/mol. The number of carbonyl (C=O) groups excluding carboxylic acids is 2. The quantitative estimate of drug-likeness (QED) is 0.0245. The minimum atomic E-state index is -0.793. The molecule has 0 spiro atoms. The zero-order valence-electron chi connectivity index (χ0n) is 40.5. The lowest BCUT2D eigenvalue weighted by molar-refractivity contribution is -0.151. The number of nitrogens with one attached hydrogen (secondary N) is 1. The maximum absolute atomic E-state index is 13.2. The third-order valence-electron chi connectivity index (χ3n) is 11.9. The van der Waals surface area contributed by atoms with Crippen LogP contribution in [0.15, 0.2) is 48.6 Å². The number of rotatable bonds is 47.